The molecule has 1 atom stereocenters. The van der Waals surface area contributed by atoms with Crippen molar-refractivity contribution in [3.8, 4) is 0 Å². The summed E-state index contributed by atoms with van der Waals surface area (Å²) in [6.45, 7) is 6.32. The highest BCUT2D eigenvalue weighted by atomic mass is 32.2. The monoisotopic (exact) mass is 310 g/mol. The fraction of sp³-hybridized carbons (Fsp3) is 0.625. The molecule has 5 heteroatoms. The van der Waals surface area contributed by atoms with Crippen LogP contribution in [-0.4, -0.2) is 31.9 Å². The second kappa shape index (κ2) is 7.38. The maximum Gasteiger partial charge on any atom is 0.243 e. The van der Waals surface area contributed by atoms with Gasteiger partial charge in [0.2, 0.25) is 10.0 Å². The summed E-state index contributed by atoms with van der Waals surface area (Å²) in [5, 5.41) is 3.30. The van der Waals surface area contributed by atoms with Crippen molar-refractivity contribution < 1.29 is 8.42 Å². The zero-order valence-corrected chi connectivity index (χ0v) is 13.8. The van der Waals surface area contributed by atoms with Crippen molar-refractivity contribution >= 4 is 10.0 Å². The lowest BCUT2D eigenvalue weighted by Gasteiger charge is -2.24. The molecule has 1 aliphatic rings. The van der Waals surface area contributed by atoms with E-state index >= 15 is 0 Å². The van der Waals surface area contributed by atoms with E-state index in [1.54, 1.807) is 10.4 Å². The maximum absolute atomic E-state index is 13.0. The number of sulfonamides is 1. The number of rotatable bonds is 7. The van der Waals surface area contributed by atoms with Crippen LogP contribution in [0.1, 0.15) is 45.1 Å². The van der Waals surface area contributed by atoms with Crippen LogP contribution in [0.3, 0.4) is 0 Å². The molecule has 1 N–H and O–H groups in total. The molecule has 1 aromatic carbocycles. The van der Waals surface area contributed by atoms with Gasteiger partial charge >= 0.3 is 0 Å². The number of nitrogens with zero attached hydrogens (tertiary/aromatic N) is 1. The van der Waals surface area contributed by atoms with E-state index < -0.39 is 10.0 Å². The van der Waals surface area contributed by atoms with Crippen LogP contribution in [-0.2, 0) is 16.6 Å². The Kier molecular flexibility index (Phi) is 5.79. The summed E-state index contributed by atoms with van der Waals surface area (Å²) in [7, 11) is -3.37. The van der Waals surface area contributed by atoms with Gasteiger partial charge < -0.3 is 5.32 Å². The molecule has 4 nitrogen and oxygen atoms in total. The largest absolute Gasteiger partial charge is 0.313 e. The third-order valence-corrected chi connectivity index (χ3v) is 6.15. The first kappa shape index (κ1) is 16.5. The van der Waals surface area contributed by atoms with Crippen LogP contribution in [0, 0.1) is 0 Å². The molecule has 0 bridgehead atoms. The van der Waals surface area contributed by atoms with E-state index in [1.807, 2.05) is 18.2 Å². The van der Waals surface area contributed by atoms with Gasteiger partial charge in [0.25, 0.3) is 0 Å². The highest BCUT2D eigenvalue weighted by molar-refractivity contribution is 7.89. The van der Waals surface area contributed by atoms with Crippen LogP contribution in [0.5, 0.6) is 0 Å². The third-order valence-electron chi connectivity index (χ3n) is 4.10. The molecule has 1 heterocycles. The molecule has 0 aromatic heterocycles. The first-order valence-corrected chi connectivity index (χ1v) is 9.35. The topological polar surface area (TPSA) is 49.4 Å². The molecule has 0 spiro atoms. The molecule has 1 aromatic rings. The molecule has 1 unspecified atom stereocenters. The average Bonchev–Trinajstić information content (AvgIpc) is 2.97. The Labute approximate surface area is 128 Å². The third kappa shape index (κ3) is 3.65. The molecule has 1 aliphatic heterocycles. The highest BCUT2D eigenvalue weighted by Crippen LogP contribution is 2.29. The van der Waals surface area contributed by atoms with Crippen molar-refractivity contribution in [1.29, 1.82) is 0 Å². The Morgan fingerprint density at radius 2 is 2.05 bits per heavy atom. The van der Waals surface area contributed by atoms with E-state index in [0.29, 0.717) is 18.0 Å². The quantitative estimate of drug-likeness (QED) is 0.788. The molecule has 0 saturated carbocycles. The van der Waals surface area contributed by atoms with Gasteiger partial charge in [-0.3, -0.25) is 0 Å². The second-order valence-corrected chi connectivity index (χ2v) is 7.46. The minimum atomic E-state index is -3.37. The first-order chi connectivity index (χ1) is 10.1. The van der Waals surface area contributed by atoms with Gasteiger partial charge in [-0.25, -0.2) is 8.42 Å². The summed E-state index contributed by atoms with van der Waals surface area (Å²) in [4.78, 5) is 0.467. The summed E-state index contributed by atoms with van der Waals surface area (Å²) in [5.74, 6) is 0. The highest BCUT2D eigenvalue weighted by Gasteiger charge is 2.35. The summed E-state index contributed by atoms with van der Waals surface area (Å²) in [6.07, 6.45) is 3.87. The van der Waals surface area contributed by atoms with Crippen LogP contribution < -0.4 is 5.32 Å². The van der Waals surface area contributed by atoms with Crippen molar-refractivity contribution in [2.24, 2.45) is 0 Å². The zero-order valence-electron chi connectivity index (χ0n) is 13.0. The van der Waals surface area contributed by atoms with Crippen molar-refractivity contribution in [2.75, 3.05) is 13.1 Å². The van der Waals surface area contributed by atoms with E-state index in [-0.39, 0.29) is 6.04 Å². The zero-order chi connectivity index (χ0) is 15.3. The summed E-state index contributed by atoms with van der Waals surface area (Å²) >= 11 is 0. The average molecular weight is 310 g/mol. The molecule has 0 radical (unpaired) electrons. The van der Waals surface area contributed by atoms with Crippen LogP contribution >= 0.6 is 0 Å². The van der Waals surface area contributed by atoms with Gasteiger partial charge in [0.05, 0.1) is 4.90 Å². The molecule has 1 saturated heterocycles. The van der Waals surface area contributed by atoms with Crippen molar-refractivity contribution in [1.82, 2.24) is 9.62 Å². The van der Waals surface area contributed by atoms with Gasteiger partial charge in [-0.1, -0.05) is 32.0 Å². The number of hydrogen-bond donors (Lipinski definition) is 1. The van der Waals surface area contributed by atoms with Crippen LogP contribution in [0.4, 0.5) is 0 Å². The van der Waals surface area contributed by atoms with Gasteiger partial charge in [0, 0.05) is 19.1 Å². The number of benzene rings is 1. The van der Waals surface area contributed by atoms with Gasteiger partial charge in [-0.15, -0.1) is 0 Å². The van der Waals surface area contributed by atoms with Crippen LogP contribution in [0.25, 0.3) is 0 Å². The maximum atomic E-state index is 13.0. The molecule has 2 rings (SSSR count). The minimum absolute atomic E-state index is 0.159. The van der Waals surface area contributed by atoms with Gasteiger partial charge in [-0.2, -0.15) is 4.31 Å². The lowest BCUT2D eigenvalue weighted by molar-refractivity contribution is 0.379. The minimum Gasteiger partial charge on any atom is -0.313 e. The summed E-state index contributed by atoms with van der Waals surface area (Å²) in [6, 6.07) is 7.53. The van der Waals surface area contributed by atoms with Crippen LogP contribution in [0.2, 0.25) is 0 Å². The van der Waals surface area contributed by atoms with E-state index in [1.165, 1.54) is 0 Å². The lowest BCUT2D eigenvalue weighted by atomic mass is 10.2. The second-order valence-electron chi connectivity index (χ2n) is 5.60. The van der Waals surface area contributed by atoms with Crippen molar-refractivity contribution in [3.05, 3.63) is 29.8 Å². The number of hydrogen-bond acceptors (Lipinski definition) is 3. The molecular formula is C16H26N2O2S. The SMILES string of the molecule is CCCNCc1ccccc1S(=O)(=O)N1CCCC1CC. The predicted molar refractivity (Wildman–Crippen MR) is 85.6 cm³/mol. The molecular weight excluding hydrogens is 284 g/mol. The Bertz CT molecular complexity index is 557. The lowest BCUT2D eigenvalue weighted by Crippen LogP contribution is -2.35. The molecule has 118 valence electrons. The molecule has 21 heavy (non-hydrogen) atoms. The van der Waals surface area contributed by atoms with E-state index in [9.17, 15) is 8.42 Å². The van der Waals surface area contributed by atoms with Gasteiger partial charge in [0.1, 0.15) is 0 Å². The fourth-order valence-electron chi connectivity index (χ4n) is 2.96. The smallest absolute Gasteiger partial charge is 0.243 e. The fourth-order valence-corrected chi connectivity index (χ4v) is 4.95. The van der Waals surface area contributed by atoms with E-state index in [4.69, 9.17) is 0 Å². The van der Waals surface area contributed by atoms with Crippen LogP contribution in [0.15, 0.2) is 29.2 Å². The van der Waals surface area contributed by atoms with E-state index in [2.05, 4.69) is 19.2 Å². The van der Waals surface area contributed by atoms with Gasteiger partial charge in [0.15, 0.2) is 0 Å². The Hall–Kier alpha value is -0.910. The number of nitrogens with one attached hydrogen (secondary N) is 1. The Morgan fingerprint density at radius 1 is 1.29 bits per heavy atom. The standard InChI is InChI=1S/C16H26N2O2S/c1-3-11-17-13-14-8-5-6-10-16(14)21(19,20)18-12-7-9-15(18)4-2/h5-6,8,10,15,17H,3-4,7,9,11-13H2,1-2H3. The summed E-state index contributed by atoms with van der Waals surface area (Å²) < 4.78 is 27.6. The molecule has 0 aliphatic carbocycles. The summed E-state index contributed by atoms with van der Waals surface area (Å²) in [5.41, 5.74) is 0.868. The van der Waals surface area contributed by atoms with Gasteiger partial charge in [-0.05, 0) is 43.9 Å². The first-order valence-electron chi connectivity index (χ1n) is 7.91. The predicted octanol–water partition coefficient (Wildman–Crippen LogP) is 2.75. The van der Waals surface area contributed by atoms with Crippen molar-refractivity contribution in [2.45, 2.75) is 57.0 Å². The molecule has 1 fully saturated rings. The van der Waals surface area contributed by atoms with Crippen molar-refractivity contribution in [3.63, 3.8) is 0 Å². The van der Waals surface area contributed by atoms with E-state index in [0.717, 1.165) is 37.8 Å². The Morgan fingerprint density at radius 3 is 2.76 bits per heavy atom. The Balaban J connectivity index is 2.27. The normalized spacial score (nSPS) is 20.0. The molecule has 0 amide bonds.